The SMILES string of the molecule is NC(=O)c1ccc(Nc2nc(-c3ccccc3)nc3c2cnn3C2CCN(Cc3ccccc3)CC2)cc1. The monoisotopic (exact) mass is 503 g/mol. The number of rotatable bonds is 7. The average molecular weight is 504 g/mol. The van der Waals surface area contributed by atoms with Crippen molar-refractivity contribution in [2.45, 2.75) is 25.4 Å². The summed E-state index contributed by atoms with van der Waals surface area (Å²) in [4.78, 5) is 23.8. The Morgan fingerprint density at radius 2 is 1.58 bits per heavy atom. The largest absolute Gasteiger partial charge is 0.366 e. The van der Waals surface area contributed by atoms with Crippen LogP contribution in [0, 0.1) is 0 Å². The summed E-state index contributed by atoms with van der Waals surface area (Å²) in [6.45, 7) is 2.99. The van der Waals surface area contributed by atoms with Gasteiger partial charge in [0.2, 0.25) is 5.91 Å². The van der Waals surface area contributed by atoms with Crippen molar-refractivity contribution in [3.63, 3.8) is 0 Å². The minimum absolute atomic E-state index is 0.265. The first-order valence-electron chi connectivity index (χ1n) is 12.9. The molecule has 3 aromatic carbocycles. The number of amides is 1. The third kappa shape index (κ3) is 4.99. The first kappa shape index (κ1) is 23.8. The first-order chi connectivity index (χ1) is 18.6. The van der Waals surface area contributed by atoms with Gasteiger partial charge in [-0.3, -0.25) is 9.69 Å². The van der Waals surface area contributed by atoms with E-state index in [9.17, 15) is 4.79 Å². The maximum absolute atomic E-state index is 11.5. The topological polar surface area (TPSA) is 102 Å². The number of aromatic nitrogens is 4. The van der Waals surface area contributed by atoms with Crippen LogP contribution >= 0.6 is 0 Å². The van der Waals surface area contributed by atoms with Gasteiger partial charge in [0.25, 0.3) is 0 Å². The van der Waals surface area contributed by atoms with Gasteiger partial charge in [-0.15, -0.1) is 0 Å². The van der Waals surface area contributed by atoms with Crippen molar-refractivity contribution in [1.29, 1.82) is 0 Å². The first-order valence-corrected chi connectivity index (χ1v) is 12.9. The Bertz CT molecular complexity index is 1540. The van der Waals surface area contributed by atoms with Crippen LogP contribution in [0.1, 0.15) is 34.8 Å². The molecule has 0 aliphatic carbocycles. The zero-order chi connectivity index (χ0) is 25.9. The van der Waals surface area contributed by atoms with E-state index in [0.29, 0.717) is 17.2 Å². The molecule has 0 radical (unpaired) electrons. The van der Waals surface area contributed by atoms with E-state index in [0.717, 1.165) is 54.8 Å². The van der Waals surface area contributed by atoms with Gasteiger partial charge in [0.15, 0.2) is 11.5 Å². The maximum atomic E-state index is 11.5. The van der Waals surface area contributed by atoms with Gasteiger partial charge in [-0.1, -0.05) is 60.7 Å². The average Bonchev–Trinajstić information content (AvgIpc) is 3.39. The minimum Gasteiger partial charge on any atom is -0.366 e. The van der Waals surface area contributed by atoms with E-state index in [2.05, 4.69) is 45.2 Å². The highest BCUT2D eigenvalue weighted by atomic mass is 16.1. The number of piperidine rings is 1. The third-order valence-electron chi connectivity index (χ3n) is 7.07. The van der Waals surface area contributed by atoms with Gasteiger partial charge in [0.05, 0.1) is 17.6 Å². The van der Waals surface area contributed by atoms with Gasteiger partial charge in [-0.2, -0.15) is 5.10 Å². The smallest absolute Gasteiger partial charge is 0.248 e. The molecule has 3 heterocycles. The number of carbonyl (C=O) groups is 1. The molecule has 3 N–H and O–H groups in total. The van der Waals surface area contributed by atoms with Crippen LogP contribution in [0.2, 0.25) is 0 Å². The molecule has 8 nitrogen and oxygen atoms in total. The summed E-state index contributed by atoms with van der Waals surface area (Å²) in [5.74, 6) is 0.856. The Hall–Kier alpha value is -4.56. The summed E-state index contributed by atoms with van der Waals surface area (Å²) in [6, 6.07) is 27.9. The molecule has 1 aliphatic rings. The quantitative estimate of drug-likeness (QED) is 0.318. The second-order valence-electron chi connectivity index (χ2n) is 9.65. The molecule has 0 bridgehead atoms. The predicted octanol–water partition coefficient (Wildman–Crippen LogP) is 5.17. The molecule has 6 rings (SSSR count). The summed E-state index contributed by atoms with van der Waals surface area (Å²) in [5.41, 5.74) is 9.76. The molecule has 1 amide bonds. The third-order valence-corrected chi connectivity index (χ3v) is 7.07. The normalized spacial score (nSPS) is 14.5. The van der Waals surface area contributed by atoms with Crippen LogP contribution in [0.3, 0.4) is 0 Å². The molecule has 8 heteroatoms. The lowest BCUT2D eigenvalue weighted by Gasteiger charge is -2.32. The lowest BCUT2D eigenvalue weighted by Crippen LogP contribution is -2.34. The van der Waals surface area contributed by atoms with Gasteiger partial charge in [-0.05, 0) is 42.7 Å². The number of benzene rings is 3. The molecule has 38 heavy (non-hydrogen) atoms. The highest BCUT2D eigenvalue weighted by molar-refractivity contribution is 5.94. The summed E-state index contributed by atoms with van der Waals surface area (Å²) < 4.78 is 2.07. The van der Waals surface area contributed by atoms with E-state index in [4.69, 9.17) is 20.8 Å². The van der Waals surface area contributed by atoms with Crippen molar-refractivity contribution >= 4 is 28.4 Å². The summed E-state index contributed by atoms with van der Waals surface area (Å²) in [6.07, 6.45) is 3.86. The number of hydrogen-bond donors (Lipinski definition) is 2. The number of nitrogens with two attached hydrogens (primary N) is 1. The molecule has 5 aromatic rings. The number of primary amides is 1. The van der Waals surface area contributed by atoms with E-state index in [1.54, 1.807) is 12.1 Å². The molecule has 0 saturated carbocycles. The van der Waals surface area contributed by atoms with Crippen molar-refractivity contribution < 1.29 is 4.79 Å². The number of likely N-dealkylation sites (tertiary alicyclic amines) is 1. The van der Waals surface area contributed by atoms with Crippen molar-refractivity contribution in [2.75, 3.05) is 18.4 Å². The van der Waals surface area contributed by atoms with Crippen LogP contribution in [0.5, 0.6) is 0 Å². The number of fused-ring (bicyclic) bond motifs is 1. The van der Waals surface area contributed by atoms with Crippen molar-refractivity contribution in [3.8, 4) is 11.4 Å². The standard InChI is InChI=1S/C30H29N7O/c31-27(38)22-11-13-24(14-12-22)33-29-26-19-32-37(30(26)35-28(34-29)23-9-5-2-6-10-23)25-15-17-36(18-16-25)20-21-7-3-1-4-8-21/h1-14,19,25H,15-18,20H2,(H2,31,38)(H,33,34,35). The second kappa shape index (κ2) is 10.4. The zero-order valence-electron chi connectivity index (χ0n) is 21.0. The molecule has 2 aromatic heterocycles. The van der Waals surface area contributed by atoms with E-state index < -0.39 is 5.91 Å². The van der Waals surface area contributed by atoms with E-state index in [1.807, 2.05) is 48.7 Å². The number of nitrogens with zero attached hydrogens (tertiary/aromatic N) is 5. The van der Waals surface area contributed by atoms with Crippen LogP contribution < -0.4 is 11.1 Å². The molecule has 1 aliphatic heterocycles. The maximum Gasteiger partial charge on any atom is 0.248 e. The molecule has 190 valence electrons. The second-order valence-corrected chi connectivity index (χ2v) is 9.65. The van der Waals surface area contributed by atoms with Gasteiger partial charge in [-0.25, -0.2) is 14.6 Å². The minimum atomic E-state index is -0.455. The molecule has 0 unspecified atom stereocenters. The number of anilines is 2. The molecule has 1 saturated heterocycles. The van der Waals surface area contributed by atoms with Crippen molar-refractivity contribution in [2.24, 2.45) is 5.73 Å². The van der Waals surface area contributed by atoms with Crippen molar-refractivity contribution in [1.82, 2.24) is 24.6 Å². The van der Waals surface area contributed by atoms with Gasteiger partial charge in [0.1, 0.15) is 5.82 Å². The summed E-state index contributed by atoms with van der Waals surface area (Å²) in [7, 11) is 0. The number of nitrogens with one attached hydrogen (secondary N) is 1. The highest BCUT2D eigenvalue weighted by Gasteiger charge is 2.24. The summed E-state index contributed by atoms with van der Waals surface area (Å²) in [5, 5.41) is 9.06. The van der Waals surface area contributed by atoms with E-state index >= 15 is 0 Å². The molecular weight excluding hydrogens is 474 g/mol. The molecule has 0 atom stereocenters. The van der Waals surface area contributed by atoms with Crippen LogP contribution in [-0.2, 0) is 6.54 Å². The van der Waals surface area contributed by atoms with Gasteiger partial charge >= 0.3 is 0 Å². The Labute approximate surface area is 221 Å². The van der Waals surface area contributed by atoms with Gasteiger partial charge < -0.3 is 11.1 Å². The van der Waals surface area contributed by atoms with E-state index in [-0.39, 0.29) is 6.04 Å². The predicted molar refractivity (Wildman–Crippen MR) is 149 cm³/mol. The highest BCUT2D eigenvalue weighted by Crippen LogP contribution is 2.31. The van der Waals surface area contributed by atoms with Crippen LogP contribution in [-0.4, -0.2) is 43.6 Å². The Morgan fingerprint density at radius 1 is 0.895 bits per heavy atom. The fourth-order valence-electron chi connectivity index (χ4n) is 5.02. The number of hydrogen-bond acceptors (Lipinski definition) is 6. The lowest BCUT2D eigenvalue weighted by molar-refractivity contribution is 0.100. The van der Waals surface area contributed by atoms with E-state index in [1.165, 1.54) is 5.56 Å². The fourth-order valence-corrected chi connectivity index (χ4v) is 5.02. The Kier molecular flexibility index (Phi) is 6.54. The molecule has 0 spiro atoms. The van der Waals surface area contributed by atoms with Crippen LogP contribution in [0.15, 0.2) is 91.1 Å². The lowest BCUT2D eigenvalue weighted by atomic mass is 10.0. The fraction of sp³-hybridized carbons (Fsp3) is 0.200. The van der Waals surface area contributed by atoms with Gasteiger partial charge in [0, 0.05) is 36.4 Å². The Balaban J connectivity index is 1.30. The Morgan fingerprint density at radius 3 is 2.26 bits per heavy atom. The van der Waals surface area contributed by atoms with Crippen LogP contribution in [0.25, 0.3) is 22.4 Å². The van der Waals surface area contributed by atoms with Crippen LogP contribution in [0.4, 0.5) is 11.5 Å². The number of carbonyl (C=O) groups excluding carboxylic acids is 1. The zero-order valence-corrected chi connectivity index (χ0v) is 21.0. The molecular formula is C30H29N7O. The molecule has 1 fully saturated rings. The summed E-state index contributed by atoms with van der Waals surface area (Å²) >= 11 is 0. The van der Waals surface area contributed by atoms with Crippen molar-refractivity contribution in [3.05, 3.63) is 102 Å².